The number of carbonyl (C=O) groups excluding carboxylic acids is 2. The topological polar surface area (TPSA) is 71.1 Å². The highest BCUT2D eigenvalue weighted by molar-refractivity contribution is 6.11. The first-order valence-corrected chi connectivity index (χ1v) is 13.6. The largest absolute Gasteiger partial charge is 0.492 e. The molecule has 0 saturated heterocycles. The van der Waals surface area contributed by atoms with E-state index < -0.39 is 11.2 Å². The molecule has 0 spiro atoms. The zero-order valence-electron chi connectivity index (χ0n) is 23.7. The van der Waals surface area contributed by atoms with Gasteiger partial charge in [-0.1, -0.05) is 48.5 Å². The van der Waals surface area contributed by atoms with Crippen molar-refractivity contribution in [2.24, 2.45) is 0 Å². The SMILES string of the molecule is CC(C)(C)OC(=O)CCCCOc1c2ccccc2c(OCCCCC(=O)OC(C)(C)C)c2ccccc12. The quantitative estimate of drug-likeness (QED) is 0.137. The van der Waals surface area contributed by atoms with Gasteiger partial charge in [0.25, 0.3) is 0 Å². The predicted octanol–water partition coefficient (Wildman–Crippen LogP) is 7.77. The van der Waals surface area contributed by atoms with E-state index in [1.54, 1.807) is 0 Å². The molecule has 0 amide bonds. The fraction of sp³-hybridized carbons (Fsp3) is 0.500. The number of esters is 2. The second-order valence-electron chi connectivity index (χ2n) is 11.5. The van der Waals surface area contributed by atoms with Crippen LogP contribution in [-0.2, 0) is 19.1 Å². The van der Waals surface area contributed by atoms with E-state index in [4.69, 9.17) is 18.9 Å². The monoisotopic (exact) mass is 522 g/mol. The minimum absolute atomic E-state index is 0.180. The molecule has 0 bridgehead atoms. The smallest absolute Gasteiger partial charge is 0.306 e. The lowest BCUT2D eigenvalue weighted by atomic mass is 10.0. The molecule has 0 fully saturated rings. The predicted molar refractivity (Wildman–Crippen MR) is 152 cm³/mol. The van der Waals surface area contributed by atoms with Crippen LogP contribution >= 0.6 is 0 Å². The van der Waals surface area contributed by atoms with Crippen LogP contribution in [0.3, 0.4) is 0 Å². The molecule has 0 radical (unpaired) electrons. The number of fused-ring (bicyclic) bond motifs is 2. The summed E-state index contributed by atoms with van der Waals surface area (Å²) < 4.78 is 23.4. The van der Waals surface area contributed by atoms with Gasteiger partial charge < -0.3 is 18.9 Å². The Balaban J connectivity index is 1.67. The number of carbonyl (C=O) groups is 2. The molecule has 0 saturated carbocycles. The third-order valence-corrected chi connectivity index (χ3v) is 5.72. The molecule has 0 atom stereocenters. The van der Waals surface area contributed by atoms with E-state index in [1.807, 2.05) is 90.1 Å². The minimum Gasteiger partial charge on any atom is -0.492 e. The summed E-state index contributed by atoms with van der Waals surface area (Å²) in [5.74, 6) is 1.29. The van der Waals surface area contributed by atoms with Crippen LogP contribution in [0.2, 0.25) is 0 Å². The first-order valence-electron chi connectivity index (χ1n) is 13.6. The summed E-state index contributed by atoms with van der Waals surface area (Å²) >= 11 is 0. The van der Waals surface area contributed by atoms with E-state index in [2.05, 4.69) is 0 Å². The van der Waals surface area contributed by atoms with Gasteiger partial charge >= 0.3 is 11.9 Å². The molecule has 0 aliphatic carbocycles. The van der Waals surface area contributed by atoms with Crippen LogP contribution in [0.1, 0.15) is 80.1 Å². The van der Waals surface area contributed by atoms with Crippen molar-refractivity contribution in [1.29, 1.82) is 0 Å². The Morgan fingerprint density at radius 2 is 0.868 bits per heavy atom. The summed E-state index contributed by atoms with van der Waals surface area (Å²) in [4.78, 5) is 24.0. The first-order chi connectivity index (χ1) is 17.9. The lowest BCUT2D eigenvalue weighted by molar-refractivity contribution is -0.156. The van der Waals surface area contributed by atoms with Gasteiger partial charge in [0.1, 0.15) is 22.7 Å². The summed E-state index contributed by atoms with van der Waals surface area (Å²) in [6.45, 7) is 12.3. The summed E-state index contributed by atoms with van der Waals surface area (Å²) in [7, 11) is 0. The van der Waals surface area contributed by atoms with Gasteiger partial charge in [-0.2, -0.15) is 0 Å². The van der Waals surface area contributed by atoms with E-state index in [-0.39, 0.29) is 11.9 Å². The molecule has 3 rings (SSSR count). The van der Waals surface area contributed by atoms with Crippen LogP contribution < -0.4 is 9.47 Å². The van der Waals surface area contributed by atoms with Gasteiger partial charge in [0.2, 0.25) is 0 Å². The van der Waals surface area contributed by atoms with Crippen molar-refractivity contribution in [3.63, 3.8) is 0 Å². The lowest BCUT2D eigenvalue weighted by Crippen LogP contribution is -2.23. The standard InChI is InChI=1S/C32H42O6/c1-31(2,3)37-27(33)19-11-13-21-35-29-23-15-7-9-17-25(23)30(26-18-10-8-16-24(26)29)36-22-14-12-20-28(34)38-32(4,5)6/h7-10,15-18H,11-14,19-22H2,1-6H3. The van der Waals surface area contributed by atoms with Crippen LogP contribution in [0.4, 0.5) is 0 Å². The van der Waals surface area contributed by atoms with Crippen LogP contribution in [0.5, 0.6) is 11.5 Å². The van der Waals surface area contributed by atoms with Gasteiger partial charge in [0.05, 0.1) is 13.2 Å². The molecule has 0 aromatic heterocycles. The molecule has 38 heavy (non-hydrogen) atoms. The van der Waals surface area contributed by atoms with E-state index in [0.29, 0.717) is 38.9 Å². The molecule has 0 aliphatic rings. The Labute approximate surface area is 226 Å². The Morgan fingerprint density at radius 1 is 0.553 bits per heavy atom. The number of ether oxygens (including phenoxy) is 4. The summed E-state index contributed by atoms with van der Waals surface area (Å²) in [6.07, 6.45) is 3.66. The third-order valence-electron chi connectivity index (χ3n) is 5.72. The number of hydrogen-bond acceptors (Lipinski definition) is 6. The van der Waals surface area contributed by atoms with E-state index >= 15 is 0 Å². The minimum atomic E-state index is -0.465. The Morgan fingerprint density at radius 3 is 1.16 bits per heavy atom. The average Bonchev–Trinajstić information content (AvgIpc) is 2.82. The van der Waals surface area contributed by atoms with Crippen LogP contribution in [0, 0.1) is 0 Å². The van der Waals surface area contributed by atoms with E-state index in [9.17, 15) is 9.59 Å². The van der Waals surface area contributed by atoms with Crippen LogP contribution in [-0.4, -0.2) is 36.4 Å². The zero-order valence-corrected chi connectivity index (χ0v) is 23.7. The van der Waals surface area contributed by atoms with Gasteiger partial charge in [-0.25, -0.2) is 0 Å². The normalized spacial score (nSPS) is 11.9. The summed E-state index contributed by atoms with van der Waals surface area (Å²) in [5.41, 5.74) is -0.930. The van der Waals surface area contributed by atoms with Crippen LogP contribution in [0.25, 0.3) is 21.5 Å². The first kappa shape index (κ1) is 29.3. The average molecular weight is 523 g/mol. The van der Waals surface area contributed by atoms with E-state index in [0.717, 1.165) is 45.9 Å². The third kappa shape index (κ3) is 8.93. The summed E-state index contributed by atoms with van der Waals surface area (Å²) in [5, 5.41) is 3.95. The second-order valence-corrected chi connectivity index (χ2v) is 11.5. The lowest BCUT2D eigenvalue weighted by Gasteiger charge is -2.20. The highest BCUT2D eigenvalue weighted by Crippen LogP contribution is 2.42. The number of hydrogen-bond donors (Lipinski definition) is 0. The van der Waals surface area contributed by atoms with E-state index in [1.165, 1.54) is 0 Å². The van der Waals surface area contributed by atoms with Gasteiger partial charge in [-0.15, -0.1) is 0 Å². The molecular weight excluding hydrogens is 480 g/mol. The van der Waals surface area contributed by atoms with Crippen molar-refractivity contribution >= 4 is 33.5 Å². The molecule has 6 nitrogen and oxygen atoms in total. The maximum absolute atomic E-state index is 12.0. The maximum Gasteiger partial charge on any atom is 0.306 e. The molecule has 0 N–H and O–H groups in total. The molecule has 0 aliphatic heterocycles. The van der Waals surface area contributed by atoms with Crippen molar-refractivity contribution in [3.05, 3.63) is 48.5 Å². The number of rotatable bonds is 12. The number of benzene rings is 3. The molecular formula is C32H42O6. The second kappa shape index (κ2) is 13.0. The molecule has 0 unspecified atom stereocenters. The van der Waals surface area contributed by atoms with Crippen LogP contribution in [0.15, 0.2) is 48.5 Å². The molecule has 3 aromatic carbocycles. The van der Waals surface area contributed by atoms with Gasteiger partial charge in [-0.3, -0.25) is 9.59 Å². The Bertz CT molecular complexity index is 1080. The maximum atomic E-state index is 12.0. The van der Waals surface area contributed by atoms with Crippen molar-refractivity contribution < 1.29 is 28.5 Å². The zero-order chi connectivity index (χ0) is 27.8. The Kier molecular flexibility index (Phi) is 10.0. The molecule has 0 heterocycles. The van der Waals surface area contributed by atoms with Crippen molar-refractivity contribution in [2.45, 2.75) is 91.3 Å². The van der Waals surface area contributed by atoms with Crippen molar-refractivity contribution in [1.82, 2.24) is 0 Å². The number of unbranched alkanes of at least 4 members (excludes halogenated alkanes) is 2. The fourth-order valence-electron chi connectivity index (χ4n) is 4.24. The van der Waals surface area contributed by atoms with Crippen molar-refractivity contribution in [3.8, 4) is 11.5 Å². The molecule has 3 aromatic rings. The van der Waals surface area contributed by atoms with Crippen molar-refractivity contribution in [2.75, 3.05) is 13.2 Å². The molecule has 6 heteroatoms. The highest BCUT2D eigenvalue weighted by Gasteiger charge is 2.18. The molecule has 206 valence electrons. The Hall–Kier alpha value is -3.28. The van der Waals surface area contributed by atoms with Gasteiger partial charge in [-0.05, 0) is 67.2 Å². The van der Waals surface area contributed by atoms with Gasteiger partial charge in [0.15, 0.2) is 0 Å². The fourth-order valence-corrected chi connectivity index (χ4v) is 4.24. The van der Waals surface area contributed by atoms with Gasteiger partial charge in [0, 0.05) is 34.4 Å². The highest BCUT2D eigenvalue weighted by atomic mass is 16.6. The summed E-state index contributed by atoms with van der Waals surface area (Å²) in [6, 6.07) is 16.2.